The zero-order valence-corrected chi connectivity index (χ0v) is 10.5. The van der Waals surface area contributed by atoms with Gasteiger partial charge in [0.1, 0.15) is 22.9 Å². The van der Waals surface area contributed by atoms with Crippen molar-refractivity contribution < 1.29 is 4.74 Å². The second-order valence-corrected chi connectivity index (χ2v) is 4.31. The Morgan fingerprint density at radius 2 is 2.06 bits per heavy atom. The summed E-state index contributed by atoms with van der Waals surface area (Å²) in [4.78, 5) is 9.33. The predicted molar refractivity (Wildman–Crippen MR) is 68.7 cm³/mol. The number of nitrogens with one attached hydrogen (secondary N) is 1. The number of benzene rings is 1. The second kappa shape index (κ2) is 5.54. The van der Waals surface area contributed by atoms with Crippen molar-refractivity contribution in [1.29, 1.82) is 0 Å². The van der Waals surface area contributed by atoms with Crippen molar-refractivity contribution >= 4 is 17.6 Å². The summed E-state index contributed by atoms with van der Waals surface area (Å²) in [5, 5.41) is 3.87. The third-order valence-corrected chi connectivity index (χ3v) is 3.17. The average Bonchev–Trinajstić information content (AvgIpc) is 2.39. The van der Waals surface area contributed by atoms with E-state index in [0.29, 0.717) is 0 Å². The number of para-hydroxylation sites is 1. The van der Waals surface area contributed by atoms with E-state index in [0.717, 1.165) is 21.5 Å². The number of nitrogens with zero attached hydrogens (tertiary/aromatic N) is 2. The quantitative estimate of drug-likeness (QED) is 0.842. The summed E-state index contributed by atoms with van der Waals surface area (Å²) in [5.41, 5.74) is 0. The average molecular weight is 247 g/mol. The minimum atomic E-state index is 0.803. The molecule has 2 rings (SSSR count). The van der Waals surface area contributed by atoms with Gasteiger partial charge in [0, 0.05) is 13.1 Å². The van der Waals surface area contributed by atoms with Crippen LogP contribution in [0.4, 0.5) is 5.82 Å². The molecular weight excluding hydrogens is 234 g/mol. The van der Waals surface area contributed by atoms with Gasteiger partial charge in [-0.25, -0.2) is 9.97 Å². The molecule has 1 aromatic heterocycles. The van der Waals surface area contributed by atoms with Crippen LogP contribution in [0.3, 0.4) is 0 Å². The first kappa shape index (κ1) is 11.7. The number of rotatable bonds is 4. The van der Waals surface area contributed by atoms with Crippen LogP contribution in [0, 0.1) is 0 Å². The third-order valence-electron chi connectivity index (χ3n) is 2.18. The first-order valence-electron chi connectivity index (χ1n) is 5.14. The summed E-state index contributed by atoms with van der Waals surface area (Å²) >= 11 is 1.55. The molecule has 5 heteroatoms. The lowest BCUT2D eigenvalue weighted by Gasteiger charge is -2.07. The van der Waals surface area contributed by atoms with Crippen LogP contribution in [0.15, 0.2) is 46.6 Å². The minimum absolute atomic E-state index is 0.803. The molecule has 0 bridgehead atoms. The third kappa shape index (κ3) is 2.88. The Bertz CT molecular complexity index is 505. The molecule has 0 saturated carbocycles. The van der Waals surface area contributed by atoms with E-state index >= 15 is 0 Å². The molecule has 1 aromatic carbocycles. The molecule has 0 aliphatic heterocycles. The maximum Gasteiger partial charge on any atom is 0.132 e. The van der Waals surface area contributed by atoms with Gasteiger partial charge in [0.2, 0.25) is 0 Å². The van der Waals surface area contributed by atoms with Gasteiger partial charge in [0.05, 0.1) is 12.0 Å². The van der Waals surface area contributed by atoms with Crippen LogP contribution >= 0.6 is 11.8 Å². The van der Waals surface area contributed by atoms with Gasteiger partial charge < -0.3 is 10.1 Å². The molecule has 0 unspecified atom stereocenters. The Morgan fingerprint density at radius 3 is 2.82 bits per heavy atom. The number of ether oxygens (including phenoxy) is 1. The number of hydrogen-bond acceptors (Lipinski definition) is 5. The van der Waals surface area contributed by atoms with Gasteiger partial charge >= 0.3 is 0 Å². The van der Waals surface area contributed by atoms with E-state index in [4.69, 9.17) is 4.74 Å². The minimum Gasteiger partial charge on any atom is -0.496 e. The Hall–Kier alpha value is -1.75. The highest BCUT2D eigenvalue weighted by atomic mass is 32.2. The van der Waals surface area contributed by atoms with Gasteiger partial charge in [-0.05, 0) is 12.1 Å². The molecule has 4 nitrogen and oxygen atoms in total. The smallest absolute Gasteiger partial charge is 0.132 e. The van der Waals surface area contributed by atoms with Crippen molar-refractivity contribution in [2.75, 3.05) is 19.5 Å². The van der Waals surface area contributed by atoms with Gasteiger partial charge in [-0.1, -0.05) is 23.9 Å². The molecule has 0 aliphatic carbocycles. The molecule has 88 valence electrons. The summed E-state index contributed by atoms with van der Waals surface area (Å²) in [6.45, 7) is 0. The van der Waals surface area contributed by atoms with Crippen LogP contribution in [-0.2, 0) is 0 Å². The van der Waals surface area contributed by atoms with Crippen molar-refractivity contribution in [3.05, 3.63) is 36.7 Å². The Morgan fingerprint density at radius 1 is 1.24 bits per heavy atom. The molecule has 0 atom stereocenters. The molecule has 1 N–H and O–H groups in total. The zero-order chi connectivity index (χ0) is 12.1. The van der Waals surface area contributed by atoms with Gasteiger partial charge in [0.25, 0.3) is 0 Å². The van der Waals surface area contributed by atoms with Crippen molar-refractivity contribution in [1.82, 2.24) is 9.97 Å². The lowest BCUT2D eigenvalue weighted by atomic mass is 10.3. The van der Waals surface area contributed by atoms with Crippen LogP contribution in [0.5, 0.6) is 5.75 Å². The fourth-order valence-electron chi connectivity index (χ4n) is 1.35. The number of hydrogen-bond donors (Lipinski definition) is 1. The van der Waals surface area contributed by atoms with E-state index < -0.39 is 0 Å². The second-order valence-electron chi connectivity index (χ2n) is 3.24. The highest BCUT2D eigenvalue weighted by Gasteiger charge is 2.05. The summed E-state index contributed by atoms with van der Waals surface area (Å²) < 4.78 is 5.29. The number of methoxy groups -OCH3 is 1. The largest absolute Gasteiger partial charge is 0.496 e. The molecule has 2 aromatic rings. The van der Waals surface area contributed by atoms with E-state index in [1.54, 1.807) is 25.2 Å². The Balaban J connectivity index is 2.24. The molecular formula is C12H13N3OS. The van der Waals surface area contributed by atoms with Crippen LogP contribution in [0.2, 0.25) is 0 Å². The van der Waals surface area contributed by atoms with E-state index in [1.807, 2.05) is 37.4 Å². The molecule has 0 spiro atoms. The van der Waals surface area contributed by atoms with E-state index in [-0.39, 0.29) is 0 Å². The van der Waals surface area contributed by atoms with Crippen LogP contribution in [0.25, 0.3) is 0 Å². The molecule has 0 fully saturated rings. The Kier molecular flexibility index (Phi) is 3.82. The molecule has 0 amide bonds. The van der Waals surface area contributed by atoms with Crippen molar-refractivity contribution in [2.24, 2.45) is 0 Å². The molecule has 0 aliphatic rings. The standard InChI is InChI=1S/C12H13N3OS/c1-13-11-7-12(15-8-14-11)17-10-6-4-3-5-9(10)16-2/h3-8H,1-2H3,(H,13,14,15). The van der Waals surface area contributed by atoms with Crippen molar-refractivity contribution in [3.63, 3.8) is 0 Å². The van der Waals surface area contributed by atoms with Gasteiger partial charge in [-0.2, -0.15) is 0 Å². The maximum absolute atomic E-state index is 5.29. The van der Waals surface area contributed by atoms with Crippen molar-refractivity contribution in [2.45, 2.75) is 9.92 Å². The molecule has 1 heterocycles. The fraction of sp³-hybridized carbons (Fsp3) is 0.167. The summed E-state index contributed by atoms with van der Waals surface area (Å²) in [7, 11) is 3.50. The highest BCUT2D eigenvalue weighted by Crippen LogP contribution is 2.33. The summed E-state index contributed by atoms with van der Waals surface area (Å²) in [5.74, 6) is 1.65. The predicted octanol–water partition coefficient (Wildman–Crippen LogP) is 2.68. The van der Waals surface area contributed by atoms with Crippen molar-refractivity contribution in [3.8, 4) is 5.75 Å². The van der Waals surface area contributed by atoms with Crippen LogP contribution < -0.4 is 10.1 Å². The van der Waals surface area contributed by atoms with Crippen LogP contribution in [-0.4, -0.2) is 24.1 Å². The maximum atomic E-state index is 5.29. The topological polar surface area (TPSA) is 47.0 Å². The van der Waals surface area contributed by atoms with E-state index in [1.165, 1.54) is 0 Å². The SMILES string of the molecule is CNc1cc(Sc2ccccc2OC)ncn1. The van der Waals surface area contributed by atoms with Gasteiger partial charge in [0.15, 0.2) is 0 Å². The van der Waals surface area contributed by atoms with Gasteiger partial charge in [-0.15, -0.1) is 0 Å². The van der Waals surface area contributed by atoms with E-state index in [2.05, 4.69) is 15.3 Å². The fourth-order valence-corrected chi connectivity index (χ4v) is 2.24. The Labute approximate surface area is 104 Å². The first-order valence-corrected chi connectivity index (χ1v) is 5.96. The first-order chi connectivity index (χ1) is 8.33. The molecule has 0 radical (unpaired) electrons. The zero-order valence-electron chi connectivity index (χ0n) is 9.68. The molecule has 17 heavy (non-hydrogen) atoms. The molecule has 0 saturated heterocycles. The highest BCUT2D eigenvalue weighted by molar-refractivity contribution is 7.99. The normalized spacial score (nSPS) is 10.0. The van der Waals surface area contributed by atoms with Gasteiger partial charge in [-0.3, -0.25) is 0 Å². The lowest BCUT2D eigenvalue weighted by molar-refractivity contribution is 0.405. The van der Waals surface area contributed by atoms with Crippen LogP contribution in [0.1, 0.15) is 0 Å². The number of aromatic nitrogens is 2. The summed E-state index contributed by atoms with van der Waals surface area (Å²) in [6, 6.07) is 9.76. The number of anilines is 1. The van der Waals surface area contributed by atoms with E-state index in [9.17, 15) is 0 Å². The lowest BCUT2D eigenvalue weighted by Crippen LogP contribution is -1.93. The summed E-state index contributed by atoms with van der Waals surface area (Å²) in [6.07, 6.45) is 1.55. The monoisotopic (exact) mass is 247 g/mol.